The van der Waals surface area contributed by atoms with Gasteiger partial charge in [-0.1, -0.05) is 24.3 Å². The second kappa shape index (κ2) is 11.2. The van der Waals surface area contributed by atoms with Crippen LogP contribution < -0.4 is 4.74 Å². The Morgan fingerprint density at radius 2 is 1.76 bits per heavy atom. The standard InChI is InChI=1S/C27H26FN3O2/c1-20-7-10-22(25(28)17-20)11-14-27-31-23(19-33-27)18-32-24-12-8-21(9-13-24)5-2-3-6-26-29-15-4-16-30-26/h4,7-17,19H,2-3,5-6,18H2,1H3/b14-11+. The van der Waals surface area contributed by atoms with Gasteiger partial charge in [0.1, 0.15) is 36.0 Å². The zero-order chi connectivity index (χ0) is 22.9. The Balaban J connectivity index is 1.21. The molecule has 2 aromatic carbocycles. The van der Waals surface area contributed by atoms with Crippen LogP contribution in [0.1, 0.15) is 46.9 Å². The highest BCUT2D eigenvalue weighted by Crippen LogP contribution is 2.17. The van der Waals surface area contributed by atoms with Crippen LogP contribution in [0.2, 0.25) is 0 Å². The summed E-state index contributed by atoms with van der Waals surface area (Å²) in [4.78, 5) is 12.9. The predicted molar refractivity (Wildman–Crippen MR) is 126 cm³/mol. The van der Waals surface area contributed by atoms with E-state index < -0.39 is 0 Å². The molecule has 0 aliphatic heterocycles. The largest absolute Gasteiger partial charge is 0.487 e. The van der Waals surface area contributed by atoms with Gasteiger partial charge in [0.25, 0.3) is 0 Å². The molecule has 0 aliphatic rings. The lowest BCUT2D eigenvalue weighted by molar-refractivity contribution is 0.301. The number of nitrogens with zero attached hydrogens (tertiary/aromatic N) is 3. The molecule has 0 fully saturated rings. The predicted octanol–water partition coefficient (Wildman–Crippen LogP) is 6.23. The Morgan fingerprint density at radius 1 is 0.970 bits per heavy atom. The van der Waals surface area contributed by atoms with Crippen molar-refractivity contribution in [3.63, 3.8) is 0 Å². The molecule has 0 atom stereocenters. The van der Waals surface area contributed by atoms with Gasteiger partial charge in [0.2, 0.25) is 5.89 Å². The third-order valence-corrected chi connectivity index (χ3v) is 5.18. The molecule has 4 rings (SSSR count). The maximum atomic E-state index is 13.9. The van der Waals surface area contributed by atoms with Crippen molar-refractivity contribution in [1.82, 2.24) is 15.0 Å². The van der Waals surface area contributed by atoms with Gasteiger partial charge in [-0.15, -0.1) is 0 Å². The summed E-state index contributed by atoms with van der Waals surface area (Å²) in [5.41, 5.74) is 3.32. The van der Waals surface area contributed by atoms with Crippen LogP contribution in [0, 0.1) is 12.7 Å². The lowest BCUT2D eigenvalue weighted by atomic mass is 10.1. The molecule has 0 saturated carbocycles. The molecule has 6 heteroatoms. The summed E-state index contributed by atoms with van der Waals surface area (Å²) >= 11 is 0. The number of rotatable bonds is 10. The van der Waals surface area contributed by atoms with Crippen molar-refractivity contribution in [1.29, 1.82) is 0 Å². The average Bonchev–Trinajstić information content (AvgIpc) is 3.29. The minimum absolute atomic E-state index is 0.268. The Morgan fingerprint density at radius 3 is 2.55 bits per heavy atom. The van der Waals surface area contributed by atoms with Crippen molar-refractivity contribution in [2.45, 2.75) is 39.2 Å². The first kappa shape index (κ1) is 22.4. The van der Waals surface area contributed by atoms with E-state index >= 15 is 0 Å². The third kappa shape index (κ3) is 6.84. The van der Waals surface area contributed by atoms with Crippen molar-refractivity contribution >= 4 is 12.2 Å². The van der Waals surface area contributed by atoms with Crippen LogP contribution in [0.5, 0.6) is 5.75 Å². The summed E-state index contributed by atoms with van der Waals surface area (Å²) < 4.78 is 25.2. The normalized spacial score (nSPS) is 11.2. The lowest BCUT2D eigenvalue weighted by Crippen LogP contribution is -1.96. The van der Waals surface area contributed by atoms with Crippen molar-refractivity contribution in [3.8, 4) is 5.75 Å². The molecule has 0 amide bonds. The van der Waals surface area contributed by atoms with E-state index in [1.807, 2.05) is 31.2 Å². The van der Waals surface area contributed by atoms with Crippen molar-refractivity contribution in [3.05, 3.63) is 107 Å². The van der Waals surface area contributed by atoms with Gasteiger partial charge in [-0.2, -0.15) is 0 Å². The summed E-state index contributed by atoms with van der Waals surface area (Å²) in [6, 6.07) is 15.0. The van der Waals surface area contributed by atoms with Crippen molar-refractivity contribution in [2.75, 3.05) is 0 Å². The average molecular weight is 444 g/mol. The summed E-state index contributed by atoms with van der Waals surface area (Å²) in [7, 11) is 0. The monoisotopic (exact) mass is 443 g/mol. The maximum absolute atomic E-state index is 13.9. The van der Waals surface area contributed by atoms with Crippen LogP contribution in [0.25, 0.3) is 12.2 Å². The van der Waals surface area contributed by atoms with Crippen LogP contribution in [0.15, 0.2) is 71.6 Å². The quantitative estimate of drug-likeness (QED) is 0.272. The van der Waals surface area contributed by atoms with Crippen LogP contribution >= 0.6 is 0 Å². The van der Waals surface area contributed by atoms with Crippen LogP contribution in [0.4, 0.5) is 4.39 Å². The number of ether oxygens (including phenoxy) is 1. The van der Waals surface area contributed by atoms with Gasteiger partial charge >= 0.3 is 0 Å². The van der Waals surface area contributed by atoms with E-state index in [-0.39, 0.29) is 5.82 Å². The van der Waals surface area contributed by atoms with E-state index in [2.05, 4.69) is 27.1 Å². The zero-order valence-corrected chi connectivity index (χ0v) is 18.6. The van der Waals surface area contributed by atoms with Crippen LogP contribution in [-0.2, 0) is 19.4 Å². The smallest absolute Gasteiger partial charge is 0.218 e. The Bertz CT molecular complexity index is 1190. The second-order valence-corrected chi connectivity index (χ2v) is 7.84. The van der Waals surface area contributed by atoms with Gasteiger partial charge in [-0.3, -0.25) is 0 Å². The molecule has 2 heterocycles. The fourth-order valence-electron chi connectivity index (χ4n) is 3.37. The molecule has 0 bridgehead atoms. The maximum Gasteiger partial charge on any atom is 0.218 e. The number of unbranched alkanes of at least 4 members (excludes halogenated alkanes) is 1. The highest BCUT2D eigenvalue weighted by atomic mass is 19.1. The molecule has 0 saturated heterocycles. The Kier molecular flexibility index (Phi) is 7.59. The molecule has 168 valence electrons. The van der Waals surface area contributed by atoms with Gasteiger partial charge in [-0.25, -0.2) is 19.3 Å². The Hall–Kier alpha value is -3.80. The summed E-state index contributed by atoms with van der Waals surface area (Å²) in [6.07, 6.45) is 12.5. The number of hydrogen-bond acceptors (Lipinski definition) is 5. The molecular weight excluding hydrogens is 417 g/mol. The van der Waals surface area contributed by atoms with Gasteiger partial charge in [0, 0.05) is 30.5 Å². The van der Waals surface area contributed by atoms with Gasteiger partial charge in [0.05, 0.1) is 0 Å². The lowest BCUT2D eigenvalue weighted by Gasteiger charge is -2.06. The van der Waals surface area contributed by atoms with E-state index in [4.69, 9.17) is 9.15 Å². The first-order chi connectivity index (χ1) is 16.2. The number of benzene rings is 2. The fourth-order valence-corrected chi connectivity index (χ4v) is 3.37. The molecular formula is C27H26FN3O2. The van der Waals surface area contributed by atoms with Gasteiger partial charge in [-0.05, 0) is 67.7 Å². The third-order valence-electron chi connectivity index (χ3n) is 5.18. The van der Waals surface area contributed by atoms with Crippen LogP contribution in [0.3, 0.4) is 0 Å². The van der Waals surface area contributed by atoms with Gasteiger partial charge in [0.15, 0.2) is 0 Å². The van der Waals surface area contributed by atoms with E-state index in [0.29, 0.717) is 23.8 Å². The first-order valence-electron chi connectivity index (χ1n) is 11.0. The highest BCUT2D eigenvalue weighted by Gasteiger charge is 2.04. The molecule has 33 heavy (non-hydrogen) atoms. The Labute approximate surface area is 193 Å². The van der Waals surface area contributed by atoms with Crippen molar-refractivity contribution in [2.24, 2.45) is 0 Å². The molecule has 0 unspecified atom stereocenters. The number of aromatic nitrogens is 3. The summed E-state index contributed by atoms with van der Waals surface area (Å²) in [5, 5.41) is 0. The number of aryl methyl sites for hydroxylation is 3. The van der Waals surface area contributed by atoms with E-state index in [1.165, 1.54) is 11.6 Å². The molecule has 4 aromatic rings. The van der Waals surface area contributed by atoms with E-state index in [0.717, 1.165) is 42.8 Å². The first-order valence-corrected chi connectivity index (χ1v) is 11.0. The number of halogens is 1. The van der Waals surface area contributed by atoms with Crippen LogP contribution in [-0.4, -0.2) is 15.0 Å². The summed E-state index contributed by atoms with van der Waals surface area (Å²) in [5.74, 6) is 1.81. The molecule has 0 aliphatic carbocycles. The molecule has 0 radical (unpaired) electrons. The fraction of sp³-hybridized carbons (Fsp3) is 0.222. The number of hydrogen-bond donors (Lipinski definition) is 0. The minimum Gasteiger partial charge on any atom is -0.487 e. The molecule has 5 nitrogen and oxygen atoms in total. The summed E-state index contributed by atoms with van der Waals surface area (Å²) in [6.45, 7) is 2.15. The molecule has 2 aromatic heterocycles. The SMILES string of the molecule is Cc1ccc(/C=C/c2nc(COc3ccc(CCCCc4ncccn4)cc3)co2)c(F)c1. The number of oxazole rings is 1. The minimum atomic E-state index is -0.268. The highest BCUT2D eigenvalue weighted by molar-refractivity contribution is 5.66. The van der Waals surface area contributed by atoms with Gasteiger partial charge < -0.3 is 9.15 Å². The second-order valence-electron chi connectivity index (χ2n) is 7.84. The molecule has 0 N–H and O–H groups in total. The van der Waals surface area contributed by atoms with E-state index in [9.17, 15) is 4.39 Å². The van der Waals surface area contributed by atoms with E-state index in [1.54, 1.807) is 36.9 Å². The topological polar surface area (TPSA) is 61.0 Å². The zero-order valence-electron chi connectivity index (χ0n) is 18.6. The molecule has 0 spiro atoms. The van der Waals surface area contributed by atoms with Crippen molar-refractivity contribution < 1.29 is 13.5 Å².